The lowest BCUT2D eigenvalue weighted by molar-refractivity contribution is 0.103. The van der Waals surface area contributed by atoms with Crippen LogP contribution in [0.1, 0.15) is 9.67 Å². The molecule has 0 spiro atoms. The Kier molecular flexibility index (Phi) is 5.13. The predicted molar refractivity (Wildman–Crippen MR) is 103 cm³/mol. The van der Waals surface area contributed by atoms with Gasteiger partial charge in [-0.3, -0.25) is 4.79 Å². The number of hydrogen-bond donors (Lipinski definition) is 1. The summed E-state index contributed by atoms with van der Waals surface area (Å²) in [7, 11) is 1.53. The van der Waals surface area contributed by atoms with Crippen LogP contribution in [-0.2, 0) is 0 Å². The summed E-state index contributed by atoms with van der Waals surface area (Å²) in [5.41, 5.74) is 0.481. The fraction of sp³-hybridized carbons (Fsp3) is 0.0625. The van der Waals surface area contributed by atoms with Crippen molar-refractivity contribution >= 4 is 79.4 Å². The summed E-state index contributed by atoms with van der Waals surface area (Å²) < 4.78 is 5.88. The van der Waals surface area contributed by atoms with Gasteiger partial charge in [0.2, 0.25) is 0 Å². The van der Waals surface area contributed by atoms with Crippen LogP contribution < -0.4 is 10.1 Å². The molecule has 1 amide bonds. The first-order chi connectivity index (χ1) is 11.4. The Balaban J connectivity index is 2.01. The summed E-state index contributed by atoms with van der Waals surface area (Å²) in [6, 6.07) is 8.26. The van der Waals surface area contributed by atoms with E-state index >= 15 is 0 Å². The number of carbonyl (C=O) groups excluding carboxylic acids is 1. The van der Waals surface area contributed by atoms with Gasteiger partial charge in [0.15, 0.2) is 0 Å². The Labute approximate surface area is 162 Å². The molecule has 1 heterocycles. The number of halogens is 4. The molecule has 0 unspecified atom stereocenters. The van der Waals surface area contributed by atoms with E-state index in [0.717, 1.165) is 0 Å². The number of rotatable bonds is 3. The molecule has 0 aliphatic carbocycles. The molecule has 3 aromatic rings. The molecule has 124 valence electrons. The molecule has 0 aliphatic heterocycles. The third-order valence-electron chi connectivity index (χ3n) is 3.25. The van der Waals surface area contributed by atoms with Crippen LogP contribution in [0.2, 0.25) is 20.1 Å². The molecule has 0 atom stereocenters. The summed E-state index contributed by atoms with van der Waals surface area (Å²) in [5, 5.41) is 5.04. The normalized spacial score (nSPS) is 10.9. The fourth-order valence-electron chi connectivity index (χ4n) is 2.20. The van der Waals surface area contributed by atoms with Crippen molar-refractivity contribution in [2.24, 2.45) is 0 Å². The second-order valence-corrected chi connectivity index (χ2v) is 7.47. The Morgan fingerprint density at radius 2 is 1.71 bits per heavy atom. The van der Waals surface area contributed by atoms with E-state index in [-0.39, 0.29) is 5.91 Å². The van der Waals surface area contributed by atoms with Gasteiger partial charge >= 0.3 is 0 Å². The number of hydrogen-bond acceptors (Lipinski definition) is 3. The van der Waals surface area contributed by atoms with Crippen molar-refractivity contribution in [3.05, 3.63) is 55.3 Å². The summed E-state index contributed by atoms with van der Waals surface area (Å²) >= 11 is 25.7. The van der Waals surface area contributed by atoms with E-state index in [0.29, 0.717) is 46.5 Å². The molecule has 3 nitrogen and oxygen atoms in total. The first kappa shape index (κ1) is 17.6. The number of fused-ring (bicyclic) bond motifs is 1. The highest BCUT2D eigenvalue weighted by Gasteiger charge is 2.20. The van der Waals surface area contributed by atoms with Gasteiger partial charge in [-0.2, -0.15) is 0 Å². The number of methoxy groups -OCH3 is 1. The van der Waals surface area contributed by atoms with Crippen molar-refractivity contribution in [3.63, 3.8) is 0 Å². The third-order valence-corrected chi connectivity index (χ3v) is 5.90. The van der Waals surface area contributed by atoms with Crippen molar-refractivity contribution in [2.45, 2.75) is 0 Å². The lowest BCUT2D eigenvalue weighted by Crippen LogP contribution is -2.10. The summed E-state index contributed by atoms with van der Waals surface area (Å²) in [5.74, 6) is 0.158. The van der Waals surface area contributed by atoms with Gasteiger partial charge in [-0.1, -0.05) is 46.4 Å². The van der Waals surface area contributed by atoms with Gasteiger partial charge in [-0.25, -0.2) is 0 Å². The first-order valence-electron chi connectivity index (χ1n) is 6.62. The maximum Gasteiger partial charge on any atom is 0.267 e. The number of nitrogens with one attached hydrogen (secondary N) is 1. The number of thiophene rings is 1. The van der Waals surface area contributed by atoms with Crippen molar-refractivity contribution in [1.82, 2.24) is 0 Å². The first-order valence-corrected chi connectivity index (χ1v) is 8.95. The molecular weight excluding hydrogens is 412 g/mol. The molecule has 3 rings (SSSR count). The largest absolute Gasteiger partial charge is 0.495 e. The van der Waals surface area contributed by atoms with Crippen molar-refractivity contribution in [2.75, 3.05) is 12.4 Å². The van der Waals surface area contributed by atoms with Crippen LogP contribution in [0.5, 0.6) is 5.75 Å². The average molecular weight is 421 g/mol. The van der Waals surface area contributed by atoms with Crippen LogP contribution in [0.25, 0.3) is 10.1 Å². The predicted octanol–water partition coefficient (Wildman–Crippen LogP) is 6.78. The lowest BCUT2D eigenvalue weighted by Gasteiger charge is -2.05. The van der Waals surface area contributed by atoms with E-state index in [4.69, 9.17) is 51.1 Å². The molecule has 8 heteroatoms. The van der Waals surface area contributed by atoms with E-state index < -0.39 is 0 Å². The van der Waals surface area contributed by atoms with Gasteiger partial charge in [-0.15, -0.1) is 11.3 Å². The zero-order chi connectivity index (χ0) is 17.4. The van der Waals surface area contributed by atoms with Gasteiger partial charge in [0.25, 0.3) is 5.91 Å². The number of benzene rings is 2. The zero-order valence-electron chi connectivity index (χ0n) is 12.1. The average Bonchev–Trinajstić information content (AvgIpc) is 2.85. The molecule has 24 heavy (non-hydrogen) atoms. The van der Waals surface area contributed by atoms with E-state index in [1.807, 2.05) is 0 Å². The quantitative estimate of drug-likeness (QED) is 0.507. The van der Waals surface area contributed by atoms with Gasteiger partial charge < -0.3 is 10.1 Å². The number of ether oxygens (including phenoxy) is 1. The van der Waals surface area contributed by atoms with Crippen LogP contribution >= 0.6 is 57.7 Å². The summed E-state index contributed by atoms with van der Waals surface area (Å²) in [4.78, 5) is 12.9. The monoisotopic (exact) mass is 419 g/mol. The van der Waals surface area contributed by atoms with Crippen LogP contribution in [0.4, 0.5) is 5.69 Å². The number of anilines is 1. The molecular formula is C16H9Cl4NO2S. The highest BCUT2D eigenvalue weighted by Crippen LogP contribution is 2.43. The molecule has 0 radical (unpaired) electrons. The molecule has 0 bridgehead atoms. The Bertz CT molecular complexity index is 935. The Morgan fingerprint density at radius 1 is 1.04 bits per heavy atom. The molecule has 0 aliphatic rings. The molecule has 1 aromatic heterocycles. The number of carbonyl (C=O) groups is 1. The molecule has 0 saturated heterocycles. The smallest absolute Gasteiger partial charge is 0.267 e. The van der Waals surface area contributed by atoms with Gasteiger partial charge in [-0.05, 0) is 30.3 Å². The van der Waals surface area contributed by atoms with Crippen molar-refractivity contribution in [3.8, 4) is 5.75 Å². The maximum absolute atomic E-state index is 12.5. The van der Waals surface area contributed by atoms with Crippen LogP contribution in [0.15, 0.2) is 30.3 Å². The molecule has 0 saturated carbocycles. The zero-order valence-corrected chi connectivity index (χ0v) is 16.0. The second-order valence-electron chi connectivity index (χ2n) is 4.82. The second kappa shape index (κ2) is 6.98. The fourth-order valence-corrected chi connectivity index (χ4v) is 4.51. The van der Waals surface area contributed by atoms with Gasteiger partial charge in [0, 0.05) is 21.1 Å². The van der Waals surface area contributed by atoms with Gasteiger partial charge in [0.05, 0.1) is 16.8 Å². The van der Waals surface area contributed by atoms with Gasteiger partial charge in [0.1, 0.15) is 15.6 Å². The maximum atomic E-state index is 12.5. The van der Waals surface area contributed by atoms with Crippen LogP contribution in [0, 0.1) is 0 Å². The third kappa shape index (κ3) is 3.30. The highest BCUT2D eigenvalue weighted by atomic mass is 35.5. The Hall–Kier alpha value is -1.17. The summed E-state index contributed by atoms with van der Waals surface area (Å²) in [6.07, 6.45) is 0. The van der Waals surface area contributed by atoms with Crippen molar-refractivity contribution in [1.29, 1.82) is 0 Å². The summed E-state index contributed by atoms with van der Waals surface area (Å²) in [6.45, 7) is 0. The molecule has 0 fully saturated rings. The van der Waals surface area contributed by atoms with E-state index in [9.17, 15) is 4.79 Å². The van der Waals surface area contributed by atoms with E-state index in [2.05, 4.69) is 5.32 Å². The van der Waals surface area contributed by atoms with E-state index in [1.54, 1.807) is 30.3 Å². The van der Waals surface area contributed by atoms with Crippen LogP contribution in [0.3, 0.4) is 0 Å². The minimum Gasteiger partial charge on any atom is -0.495 e. The van der Waals surface area contributed by atoms with Crippen LogP contribution in [-0.4, -0.2) is 13.0 Å². The topological polar surface area (TPSA) is 38.3 Å². The minimum atomic E-state index is -0.366. The SMILES string of the molecule is COc1ccc2c(Cl)c(C(=O)Nc3cc(Cl)cc(Cl)c3)sc2c1Cl. The van der Waals surface area contributed by atoms with Crippen molar-refractivity contribution < 1.29 is 9.53 Å². The van der Waals surface area contributed by atoms with E-state index in [1.165, 1.54) is 18.4 Å². The number of amides is 1. The standard InChI is InChI=1S/C16H9Cl4NO2S/c1-23-11-3-2-10-12(19)15(24-14(10)13(11)20)16(22)21-9-5-7(17)4-8(18)6-9/h2-6H,1H3,(H,21,22). The minimum absolute atomic E-state index is 0.338. The highest BCUT2D eigenvalue weighted by molar-refractivity contribution is 7.22. The molecule has 2 aromatic carbocycles. The Morgan fingerprint density at radius 3 is 2.33 bits per heavy atom. The lowest BCUT2D eigenvalue weighted by atomic mass is 10.2. The molecule has 1 N–H and O–H groups in total.